The number of nitrogens with two attached hydrogens (primary N) is 1. The molecular weight excluding hydrogens is 447 g/mol. The highest BCUT2D eigenvalue weighted by atomic mass is 35.5. The molecule has 1 amide bonds. The van der Waals surface area contributed by atoms with Gasteiger partial charge < -0.3 is 21.0 Å². The second-order valence-corrected chi connectivity index (χ2v) is 8.88. The maximum Gasteiger partial charge on any atom is 0.252 e. The Bertz CT molecular complexity index is 1190. The van der Waals surface area contributed by atoms with Gasteiger partial charge >= 0.3 is 0 Å². The number of nitrogens with one attached hydrogen (secondary N) is 2. The van der Waals surface area contributed by atoms with Gasteiger partial charge in [0.05, 0.1) is 22.3 Å². The van der Waals surface area contributed by atoms with Gasteiger partial charge in [-0.25, -0.2) is 4.98 Å². The number of halogens is 2. The molecule has 0 aliphatic carbocycles. The van der Waals surface area contributed by atoms with Crippen LogP contribution in [0.15, 0.2) is 42.5 Å². The van der Waals surface area contributed by atoms with E-state index in [1.165, 1.54) is 11.6 Å². The SMILES string of the molecule is CN1CCN(Cc2ccc3nc(/C(=C/C(=N)c4cc(Cl)cc(Cl)c4)C(N)=O)[nH]c3c2)CC1. The number of amides is 1. The maximum absolute atomic E-state index is 12.2. The van der Waals surface area contributed by atoms with Gasteiger partial charge in [0.1, 0.15) is 5.82 Å². The number of benzene rings is 2. The molecule has 1 fully saturated rings. The van der Waals surface area contributed by atoms with Crippen molar-refractivity contribution in [2.75, 3.05) is 33.2 Å². The Morgan fingerprint density at radius 3 is 2.50 bits per heavy atom. The van der Waals surface area contributed by atoms with Crippen molar-refractivity contribution in [1.82, 2.24) is 19.8 Å². The van der Waals surface area contributed by atoms with Gasteiger partial charge in [0.15, 0.2) is 0 Å². The second kappa shape index (κ2) is 9.42. The number of piperazine rings is 1. The van der Waals surface area contributed by atoms with E-state index in [0.29, 0.717) is 21.4 Å². The number of hydrogen-bond acceptors (Lipinski definition) is 5. The lowest BCUT2D eigenvalue weighted by Crippen LogP contribution is -2.43. The molecule has 0 unspecified atom stereocenters. The number of carbonyl (C=O) groups excluding carboxylic acids is 1. The van der Waals surface area contributed by atoms with Crippen LogP contribution in [-0.4, -0.2) is 64.6 Å². The fourth-order valence-corrected chi connectivity index (χ4v) is 4.27. The molecule has 1 aliphatic rings. The van der Waals surface area contributed by atoms with Crippen LogP contribution in [0.25, 0.3) is 16.6 Å². The lowest BCUT2D eigenvalue weighted by atomic mass is 10.1. The predicted molar refractivity (Wildman–Crippen MR) is 129 cm³/mol. The molecule has 3 aromatic rings. The summed E-state index contributed by atoms with van der Waals surface area (Å²) in [4.78, 5) is 24.6. The number of fused-ring (bicyclic) bond motifs is 1. The van der Waals surface area contributed by atoms with Gasteiger partial charge in [-0.05, 0) is 49.0 Å². The van der Waals surface area contributed by atoms with Crippen LogP contribution >= 0.6 is 23.2 Å². The van der Waals surface area contributed by atoms with Crippen LogP contribution in [0.1, 0.15) is 17.0 Å². The third-order valence-corrected chi connectivity index (χ3v) is 5.97. The monoisotopic (exact) mass is 470 g/mol. The van der Waals surface area contributed by atoms with Crippen LogP contribution in [0.4, 0.5) is 0 Å². The Balaban J connectivity index is 1.60. The van der Waals surface area contributed by atoms with E-state index in [1.54, 1.807) is 18.2 Å². The summed E-state index contributed by atoms with van der Waals surface area (Å²) in [5.74, 6) is -0.360. The summed E-state index contributed by atoms with van der Waals surface area (Å²) >= 11 is 12.1. The Morgan fingerprint density at radius 2 is 1.84 bits per heavy atom. The zero-order valence-corrected chi connectivity index (χ0v) is 19.2. The highest BCUT2D eigenvalue weighted by molar-refractivity contribution is 6.35. The molecule has 32 heavy (non-hydrogen) atoms. The number of rotatable bonds is 6. The molecule has 1 saturated heterocycles. The normalized spacial score (nSPS) is 15.9. The number of hydrogen-bond donors (Lipinski definition) is 3. The van der Waals surface area contributed by atoms with E-state index in [1.807, 2.05) is 12.1 Å². The maximum atomic E-state index is 12.2. The summed E-state index contributed by atoms with van der Waals surface area (Å²) in [6.45, 7) is 5.05. The van der Waals surface area contributed by atoms with E-state index in [2.05, 4.69) is 32.9 Å². The van der Waals surface area contributed by atoms with Gasteiger partial charge in [0.25, 0.3) is 5.91 Å². The van der Waals surface area contributed by atoms with Crippen molar-refractivity contribution in [3.63, 3.8) is 0 Å². The molecule has 0 saturated carbocycles. The highest BCUT2D eigenvalue weighted by Crippen LogP contribution is 2.23. The number of aromatic amines is 1. The quantitative estimate of drug-likeness (QED) is 0.378. The molecule has 1 aromatic heterocycles. The minimum atomic E-state index is -0.681. The first-order valence-electron chi connectivity index (χ1n) is 10.2. The Morgan fingerprint density at radius 1 is 1.16 bits per heavy atom. The van der Waals surface area contributed by atoms with Crippen molar-refractivity contribution < 1.29 is 4.79 Å². The molecular formula is C23H24Cl2N6O. The summed E-state index contributed by atoms with van der Waals surface area (Å²) in [7, 11) is 2.14. The third kappa shape index (κ3) is 5.19. The summed E-state index contributed by atoms with van der Waals surface area (Å²) in [6, 6.07) is 10.8. The number of likely N-dealkylation sites (N-methyl/N-ethyl adjacent to an activating group) is 1. The van der Waals surface area contributed by atoms with Crippen LogP contribution in [0.5, 0.6) is 0 Å². The molecule has 0 atom stereocenters. The molecule has 2 heterocycles. The minimum Gasteiger partial charge on any atom is -0.365 e. The summed E-state index contributed by atoms with van der Waals surface area (Å²) in [6.07, 6.45) is 1.38. The van der Waals surface area contributed by atoms with Gasteiger partial charge in [-0.15, -0.1) is 0 Å². The average molecular weight is 471 g/mol. The first-order chi connectivity index (χ1) is 15.3. The van der Waals surface area contributed by atoms with E-state index < -0.39 is 5.91 Å². The van der Waals surface area contributed by atoms with E-state index in [9.17, 15) is 4.79 Å². The Labute approximate surface area is 196 Å². The average Bonchev–Trinajstić information content (AvgIpc) is 3.15. The summed E-state index contributed by atoms with van der Waals surface area (Å²) < 4.78 is 0. The van der Waals surface area contributed by atoms with E-state index in [4.69, 9.17) is 34.3 Å². The fraction of sp³-hybridized carbons (Fsp3) is 0.261. The summed E-state index contributed by atoms with van der Waals surface area (Å²) in [5.41, 5.74) is 8.98. The van der Waals surface area contributed by atoms with Crippen molar-refractivity contribution in [2.24, 2.45) is 5.73 Å². The first kappa shape index (κ1) is 22.5. The number of aromatic nitrogens is 2. The van der Waals surface area contributed by atoms with Crippen LogP contribution in [0, 0.1) is 5.41 Å². The van der Waals surface area contributed by atoms with Crippen molar-refractivity contribution >= 4 is 51.4 Å². The Hall–Kier alpha value is -2.71. The van der Waals surface area contributed by atoms with Crippen molar-refractivity contribution in [3.8, 4) is 0 Å². The van der Waals surface area contributed by atoms with E-state index >= 15 is 0 Å². The molecule has 0 bridgehead atoms. The lowest BCUT2D eigenvalue weighted by Gasteiger charge is -2.32. The molecule has 166 valence electrons. The number of allylic oxidation sites excluding steroid dienone is 1. The molecule has 4 N–H and O–H groups in total. The molecule has 1 aliphatic heterocycles. The Kier molecular flexibility index (Phi) is 6.62. The van der Waals surface area contributed by atoms with Gasteiger partial charge in [-0.2, -0.15) is 0 Å². The largest absolute Gasteiger partial charge is 0.365 e. The summed E-state index contributed by atoms with van der Waals surface area (Å²) in [5, 5.41) is 9.18. The zero-order chi connectivity index (χ0) is 22.8. The molecule has 2 aromatic carbocycles. The van der Waals surface area contributed by atoms with Crippen LogP contribution in [0.3, 0.4) is 0 Å². The number of primary amides is 1. The van der Waals surface area contributed by atoms with E-state index in [0.717, 1.165) is 43.8 Å². The number of carbonyl (C=O) groups is 1. The van der Waals surface area contributed by atoms with Gasteiger partial charge in [-0.1, -0.05) is 29.3 Å². The van der Waals surface area contributed by atoms with Gasteiger partial charge in [0.2, 0.25) is 0 Å². The van der Waals surface area contributed by atoms with Gasteiger partial charge in [0, 0.05) is 48.3 Å². The molecule has 0 radical (unpaired) electrons. The molecule has 7 nitrogen and oxygen atoms in total. The van der Waals surface area contributed by atoms with Crippen molar-refractivity contribution in [1.29, 1.82) is 5.41 Å². The lowest BCUT2D eigenvalue weighted by molar-refractivity contribution is -0.112. The number of imidazole rings is 1. The fourth-order valence-electron chi connectivity index (χ4n) is 3.74. The van der Waals surface area contributed by atoms with Crippen LogP contribution in [0.2, 0.25) is 10.0 Å². The minimum absolute atomic E-state index is 0.0550. The molecule has 9 heteroatoms. The van der Waals surface area contributed by atoms with Crippen molar-refractivity contribution in [2.45, 2.75) is 6.54 Å². The first-order valence-corrected chi connectivity index (χ1v) is 11.0. The van der Waals surface area contributed by atoms with E-state index in [-0.39, 0.29) is 11.3 Å². The van der Waals surface area contributed by atoms with Crippen LogP contribution < -0.4 is 5.73 Å². The number of H-pyrrole nitrogens is 1. The van der Waals surface area contributed by atoms with Gasteiger partial charge in [-0.3, -0.25) is 9.69 Å². The molecule has 0 spiro atoms. The second-order valence-electron chi connectivity index (χ2n) is 8.01. The third-order valence-electron chi connectivity index (χ3n) is 5.53. The van der Waals surface area contributed by atoms with Crippen LogP contribution in [-0.2, 0) is 11.3 Å². The smallest absolute Gasteiger partial charge is 0.252 e. The molecule has 4 rings (SSSR count). The topological polar surface area (TPSA) is 102 Å². The number of nitrogens with zero attached hydrogens (tertiary/aromatic N) is 3. The highest BCUT2D eigenvalue weighted by Gasteiger charge is 2.17. The zero-order valence-electron chi connectivity index (χ0n) is 17.7. The standard InChI is InChI=1S/C23H24Cl2N6O/c1-30-4-6-31(7-5-30)13-14-2-3-20-21(8-14)29-23(28-20)18(22(27)32)12-19(26)15-9-16(24)11-17(25)10-15/h2-3,8-12,26H,4-7,13H2,1H3,(H2,27,32)(H,28,29)/b18-12+,26-19?. The van der Waals surface area contributed by atoms with Crippen molar-refractivity contribution in [3.05, 3.63) is 69.5 Å². The predicted octanol–water partition coefficient (Wildman–Crippen LogP) is 3.55.